The molecule has 2 fully saturated rings. The number of nitrogens with one attached hydrogen (secondary N) is 1. The zero-order valence-corrected chi connectivity index (χ0v) is 44.2. The Morgan fingerprint density at radius 3 is 1.82 bits per heavy atom. The summed E-state index contributed by atoms with van der Waals surface area (Å²) in [6.45, 7) is 15.1. The number of hydrazone groups is 1. The number of morpholine rings is 1. The lowest BCUT2D eigenvalue weighted by molar-refractivity contribution is -0.123. The van der Waals surface area contributed by atoms with Gasteiger partial charge < -0.3 is 39.5 Å². The minimum absolute atomic E-state index is 0.00314. The van der Waals surface area contributed by atoms with Crippen molar-refractivity contribution >= 4 is 18.0 Å². The number of likely N-dealkylation sites (N-methyl/N-ethyl adjacent to an activating group) is 1. The summed E-state index contributed by atoms with van der Waals surface area (Å²) in [5.74, 6) is -1.15. The predicted octanol–water partition coefficient (Wildman–Crippen LogP) is 7.44. The van der Waals surface area contributed by atoms with Crippen molar-refractivity contribution in [3.05, 3.63) is 107 Å². The van der Waals surface area contributed by atoms with Crippen molar-refractivity contribution in [1.82, 2.24) is 54.6 Å². The maximum absolute atomic E-state index is 15.1. The molecule has 0 radical (unpaired) electrons. The summed E-state index contributed by atoms with van der Waals surface area (Å²) in [7, 11) is 5.11. The number of carbonyl (C=O) groups is 2. The highest BCUT2D eigenvalue weighted by Crippen LogP contribution is 2.41. The van der Waals surface area contributed by atoms with Crippen molar-refractivity contribution in [3.8, 4) is 57.1 Å². The first-order chi connectivity index (χ1) is 36.2. The summed E-state index contributed by atoms with van der Waals surface area (Å²) in [5, 5.41) is 48.6. The van der Waals surface area contributed by atoms with E-state index in [1.54, 1.807) is 40.8 Å². The van der Waals surface area contributed by atoms with Crippen LogP contribution in [0, 0.1) is 0 Å². The number of halogens is 3. The first-order valence-electron chi connectivity index (χ1n) is 25.2. The second-order valence-electron chi connectivity index (χ2n) is 19.8. The van der Waals surface area contributed by atoms with Gasteiger partial charge in [0.15, 0.2) is 11.6 Å². The highest BCUT2D eigenvalue weighted by atomic mass is 19.4. The van der Waals surface area contributed by atoms with Gasteiger partial charge in [0.05, 0.1) is 38.2 Å². The molecule has 76 heavy (non-hydrogen) atoms. The lowest BCUT2D eigenvalue weighted by Crippen LogP contribution is -2.55. The maximum atomic E-state index is 15.1. The Balaban J connectivity index is 1.08. The number of nitrogens with zero attached hydrogens (tertiary/aromatic N) is 11. The number of ether oxygens (including phenoxy) is 3. The van der Waals surface area contributed by atoms with Crippen LogP contribution in [0.5, 0.6) is 23.0 Å². The van der Waals surface area contributed by atoms with Crippen LogP contribution >= 0.6 is 0 Å². The molecule has 0 aliphatic carbocycles. The summed E-state index contributed by atoms with van der Waals surface area (Å²) in [5.41, 5.74) is 4.71. The summed E-state index contributed by atoms with van der Waals surface area (Å²) >= 11 is 0. The van der Waals surface area contributed by atoms with Gasteiger partial charge in [-0.25, -0.2) is 0 Å². The number of phenolic OH excluding ortho intramolecular Hbond substituents is 2. The average molecular weight is 1050 g/mol. The molecule has 8 rings (SSSR count). The van der Waals surface area contributed by atoms with Gasteiger partial charge in [0.25, 0.3) is 11.8 Å². The monoisotopic (exact) mass is 1050 g/mol. The highest BCUT2D eigenvalue weighted by molar-refractivity contribution is 5.93. The van der Waals surface area contributed by atoms with Gasteiger partial charge in [-0.05, 0) is 91.4 Å². The zero-order chi connectivity index (χ0) is 54.6. The summed E-state index contributed by atoms with van der Waals surface area (Å²) < 4.78 is 60.2. The molecule has 2 amide bonds. The Morgan fingerprint density at radius 2 is 1.30 bits per heavy atom. The highest BCUT2D eigenvalue weighted by Gasteiger charge is 2.37. The van der Waals surface area contributed by atoms with Crippen molar-refractivity contribution in [1.29, 1.82) is 0 Å². The fourth-order valence-corrected chi connectivity index (χ4v) is 9.32. The van der Waals surface area contributed by atoms with Crippen LogP contribution in [-0.4, -0.2) is 170 Å². The molecule has 1 atom stereocenters. The van der Waals surface area contributed by atoms with E-state index in [4.69, 9.17) is 19.3 Å². The van der Waals surface area contributed by atoms with Crippen molar-refractivity contribution < 1.29 is 47.2 Å². The van der Waals surface area contributed by atoms with Gasteiger partial charge in [-0.3, -0.25) is 28.6 Å². The molecule has 6 aromatic rings. The largest absolute Gasteiger partial charge is 0.507 e. The predicted molar refractivity (Wildman–Crippen MR) is 280 cm³/mol. The number of hydrogen-bond acceptors (Lipinski definition) is 15. The van der Waals surface area contributed by atoms with E-state index in [1.807, 2.05) is 101 Å². The van der Waals surface area contributed by atoms with Crippen LogP contribution in [0.25, 0.3) is 34.2 Å². The van der Waals surface area contributed by atoms with Gasteiger partial charge in [0.2, 0.25) is 11.6 Å². The molecular weight excluding hydrogens is 986 g/mol. The van der Waals surface area contributed by atoms with Crippen LogP contribution in [0.4, 0.5) is 13.2 Å². The summed E-state index contributed by atoms with van der Waals surface area (Å²) in [4.78, 5) is 34.5. The zero-order valence-electron chi connectivity index (χ0n) is 44.2. The number of aromatic nitrogens is 6. The van der Waals surface area contributed by atoms with Gasteiger partial charge in [0.1, 0.15) is 35.8 Å². The lowest BCUT2D eigenvalue weighted by atomic mass is 9.98. The van der Waals surface area contributed by atoms with E-state index in [1.165, 1.54) is 17.7 Å². The number of amides is 2. The fourth-order valence-electron chi connectivity index (χ4n) is 9.32. The number of phenols is 2. The number of aromatic hydroxyl groups is 2. The molecule has 1 unspecified atom stereocenters. The van der Waals surface area contributed by atoms with E-state index in [0.717, 1.165) is 48.4 Å². The van der Waals surface area contributed by atoms with Crippen LogP contribution in [0.15, 0.2) is 77.9 Å². The fraction of sp³-hybridized carbons (Fsp3) is 0.426. The molecule has 4 aromatic carbocycles. The Labute approximate surface area is 439 Å². The smallest absolute Gasteiger partial charge is 0.405 e. The van der Waals surface area contributed by atoms with Gasteiger partial charge in [-0.15, -0.1) is 20.4 Å². The van der Waals surface area contributed by atoms with Crippen molar-refractivity contribution in [2.45, 2.75) is 78.4 Å². The average Bonchev–Trinajstić information content (AvgIpc) is 4.05. The molecule has 4 heterocycles. The lowest BCUT2D eigenvalue weighted by Gasteiger charge is -2.40. The van der Waals surface area contributed by atoms with E-state index < -0.39 is 36.6 Å². The normalized spacial score (nSPS) is 15.8. The molecule has 2 aliphatic heterocycles. The van der Waals surface area contributed by atoms with Gasteiger partial charge in [-0.2, -0.15) is 18.3 Å². The van der Waals surface area contributed by atoms with Crippen molar-refractivity contribution in [3.63, 3.8) is 0 Å². The van der Waals surface area contributed by atoms with Crippen LogP contribution < -0.4 is 14.8 Å². The number of benzene rings is 4. The maximum Gasteiger partial charge on any atom is 0.405 e. The van der Waals surface area contributed by atoms with Gasteiger partial charge >= 0.3 is 6.18 Å². The molecular formula is C54H65F3N12O7. The SMILES string of the molecule is COc1cc(O)c(-c2nnc(C(=O)NCC(F)(F)F)n2-c2ccc(CN3CCOC(N(C(=O)c4nnc(-c5cc(C(C)C)c(OC)cc5O)n4-c4ccc(/C=N/N5CCN(C)CC5)cc4)C(C)C)C3)cc2)cc1C(C)C. The molecule has 2 saturated heterocycles. The number of alkyl halides is 3. The third-order valence-corrected chi connectivity index (χ3v) is 13.4. The van der Waals surface area contributed by atoms with E-state index in [2.05, 4.69) is 37.2 Å². The van der Waals surface area contributed by atoms with E-state index in [-0.39, 0.29) is 59.0 Å². The molecule has 0 bridgehead atoms. The standard InChI is InChI=1S/C54H65F3N12O7/c1-32(2)39-24-41(43(70)26-45(39)74-8)48-60-62-50(52(72)58-31-54(55,56)57)68(48)37-16-12-36(13-17-37)29-65-22-23-76-47(30-65)67(34(5)6)53(73)51-63-61-49(42-25-40(33(3)4)46(75-9)27-44(42)71)69(51)38-14-10-35(11-15-38)28-59-66-20-18-64(7)19-21-66/h10-17,24-28,32-34,47,70-71H,18-23,29-31H2,1-9H3,(H,58,72)/b59-28+. The van der Waals surface area contributed by atoms with Crippen LogP contribution in [0.3, 0.4) is 0 Å². The minimum atomic E-state index is -4.68. The Hall–Kier alpha value is -7.56. The number of rotatable bonds is 17. The van der Waals surface area contributed by atoms with E-state index in [9.17, 15) is 28.2 Å². The van der Waals surface area contributed by atoms with Crippen LogP contribution in [0.1, 0.15) is 96.9 Å². The van der Waals surface area contributed by atoms with Gasteiger partial charge in [0, 0.05) is 75.4 Å². The number of methoxy groups -OCH3 is 2. The van der Waals surface area contributed by atoms with Crippen molar-refractivity contribution in [2.24, 2.45) is 5.10 Å². The third-order valence-electron chi connectivity index (χ3n) is 13.4. The number of hydrogen-bond donors (Lipinski definition) is 3. The minimum Gasteiger partial charge on any atom is -0.507 e. The Kier molecular flexibility index (Phi) is 16.6. The molecule has 2 aliphatic rings. The van der Waals surface area contributed by atoms with Gasteiger partial charge in [-0.1, -0.05) is 52.0 Å². The Bertz CT molecular complexity index is 3040. The molecule has 2 aromatic heterocycles. The van der Waals surface area contributed by atoms with Crippen LogP contribution in [0.2, 0.25) is 0 Å². The first-order valence-corrected chi connectivity index (χ1v) is 25.2. The van der Waals surface area contributed by atoms with E-state index in [0.29, 0.717) is 48.1 Å². The molecule has 0 saturated carbocycles. The topological polar surface area (TPSA) is 201 Å². The first kappa shape index (κ1) is 54.7. The second-order valence-corrected chi connectivity index (χ2v) is 19.8. The molecule has 3 N–H and O–H groups in total. The molecule has 0 spiro atoms. The Morgan fingerprint density at radius 1 is 0.776 bits per heavy atom. The van der Waals surface area contributed by atoms with E-state index >= 15 is 4.79 Å². The number of carbonyl (C=O) groups excluding carboxylic acids is 2. The molecule has 22 heteroatoms. The molecule has 19 nitrogen and oxygen atoms in total. The summed E-state index contributed by atoms with van der Waals surface area (Å²) in [6, 6.07) is 20.6. The third kappa shape index (κ3) is 12.1. The quantitative estimate of drug-likeness (QED) is 0.0761. The number of piperazine rings is 1. The molecule has 404 valence electrons. The van der Waals surface area contributed by atoms with Crippen molar-refractivity contribution in [2.75, 3.05) is 73.7 Å². The summed E-state index contributed by atoms with van der Waals surface area (Å²) in [6.07, 6.45) is -3.59. The van der Waals surface area contributed by atoms with Crippen LogP contribution in [-0.2, 0) is 11.3 Å². The second kappa shape index (κ2) is 23.1.